The van der Waals surface area contributed by atoms with E-state index in [1.54, 1.807) is 0 Å². The zero-order chi connectivity index (χ0) is 9.42. The standard InChI is InChI=1S/C8H5NO4/c10-6-2-7-5(9-3-13-7)1-4(6)8(11)12/h1-3,10H,(H,11,12). The summed E-state index contributed by atoms with van der Waals surface area (Å²) in [6.07, 6.45) is 1.19. The molecule has 0 bridgehead atoms. The van der Waals surface area contributed by atoms with Gasteiger partial charge in [0.2, 0.25) is 0 Å². The van der Waals surface area contributed by atoms with E-state index in [1.807, 2.05) is 0 Å². The number of hydrogen-bond donors (Lipinski definition) is 2. The number of oxazole rings is 1. The summed E-state index contributed by atoms with van der Waals surface area (Å²) in [5, 5.41) is 17.9. The third-order valence-electron chi connectivity index (χ3n) is 1.68. The first-order chi connectivity index (χ1) is 6.18. The molecule has 1 aromatic heterocycles. The lowest BCUT2D eigenvalue weighted by Gasteiger charge is -1.96. The number of benzene rings is 1. The lowest BCUT2D eigenvalue weighted by molar-refractivity contribution is 0.0694. The highest BCUT2D eigenvalue weighted by molar-refractivity contribution is 5.95. The van der Waals surface area contributed by atoms with Gasteiger partial charge in [-0.3, -0.25) is 0 Å². The molecule has 0 radical (unpaired) electrons. The van der Waals surface area contributed by atoms with Crippen molar-refractivity contribution in [3.05, 3.63) is 24.1 Å². The van der Waals surface area contributed by atoms with Crippen LogP contribution < -0.4 is 0 Å². The minimum Gasteiger partial charge on any atom is -0.507 e. The fourth-order valence-electron chi connectivity index (χ4n) is 1.06. The van der Waals surface area contributed by atoms with Gasteiger partial charge in [0, 0.05) is 6.07 Å². The number of phenols is 1. The number of carboxylic acid groups (broad SMARTS) is 1. The number of rotatable bonds is 1. The van der Waals surface area contributed by atoms with Crippen LogP contribution in [-0.2, 0) is 0 Å². The Morgan fingerprint density at radius 3 is 2.92 bits per heavy atom. The van der Waals surface area contributed by atoms with Gasteiger partial charge in [-0.25, -0.2) is 9.78 Å². The summed E-state index contributed by atoms with van der Waals surface area (Å²) >= 11 is 0. The van der Waals surface area contributed by atoms with Gasteiger partial charge in [0.1, 0.15) is 16.8 Å². The highest BCUT2D eigenvalue weighted by Gasteiger charge is 2.12. The van der Waals surface area contributed by atoms with Gasteiger partial charge in [-0.05, 0) is 6.07 Å². The van der Waals surface area contributed by atoms with E-state index in [0.29, 0.717) is 11.1 Å². The van der Waals surface area contributed by atoms with Crippen molar-refractivity contribution in [1.82, 2.24) is 4.98 Å². The monoisotopic (exact) mass is 179 g/mol. The molecule has 66 valence electrons. The van der Waals surface area contributed by atoms with E-state index in [1.165, 1.54) is 18.5 Å². The Balaban J connectivity index is 2.76. The van der Waals surface area contributed by atoms with E-state index in [2.05, 4.69) is 4.98 Å². The molecule has 0 aliphatic rings. The van der Waals surface area contributed by atoms with Crippen molar-refractivity contribution in [2.24, 2.45) is 0 Å². The Kier molecular flexibility index (Phi) is 1.45. The molecule has 1 aromatic carbocycles. The van der Waals surface area contributed by atoms with Crippen LogP contribution >= 0.6 is 0 Å². The van der Waals surface area contributed by atoms with E-state index in [4.69, 9.17) is 9.52 Å². The predicted molar refractivity (Wildman–Crippen MR) is 42.6 cm³/mol. The normalized spacial score (nSPS) is 10.5. The van der Waals surface area contributed by atoms with Crippen molar-refractivity contribution in [3.63, 3.8) is 0 Å². The Morgan fingerprint density at radius 2 is 2.23 bits per heavy atom. The van der Waals surface area contributed by atoms with Crippen molar-refractivity contribution in [2.75, 3.05) is 0 Å². The van der Waals surface area contributed by atoms with Gasteiger partial charge in [-0.1, -0.05) is 0 Å². The van der Waals surface area contributed by atoms with Crippen molar-refractivity contribution in [3.8, 4) is 5.75 Å². The van der Waals surface area contributed by atoms with Crippen LogP contribution in [0.25, 0.3) is 11.1 Å². The summed E-state index contributed by atoms with van der Waals surface area (Å²) in [6, 6.07) is 2.49. The summed E-state index contributed by atoms with van der Waals surface area (Å²) < 4.78 is 4.87. The molecule has 0 amide bonds. The number of aromatic nitrogens is 1. The molecule has 2 N–H and O–H groups in total. The molecule has 0 spiro atoms. The number of hydrogen-bond acceptors (Lipinski definition) is 4. The maximum atomic E-state index is 10.6. The summed E-state index contributed by atoms with van der Waals surface area (Å²) in [5.41, 5.74) is 0.596. The van der Waals surface area contributed by atoms with Gasteiger partial charge < -0.3 is 14.6 Å². The number of fused-ring (bicyclic) bond motifs is 1. The van der Waals surface area contributed by atoms with Crippen LogP contribution in [0.5, 0.6) is 5.75 Å². The third-order valence-corrected chi connectivity index (χ3v) is 1.68. The van der Waals surface area contributed by atoms with Crippen LogP contribution in [-0.4, -0.2) is 21.2 Å². The average molecular weight is 179 g/mol. The van der Waals surface area contributed by atoms with E-state index in [9.17, 15) is 9.90 Å². The van der Waals surface area contributed by atoms with E-state index in [0.717, 1.165) is 0 Å². The van der Waals surface area contributed by atoms with E-state index < -0.39 is 5.97 Å². The Labute approximate surface area is 72.2 Å². The largest absolute Gasteiger partial charge is 0.507 e. The van der Waals surface area contributed by atoms with Gasteiger partial charge in [0.25, 0.3) is 0 Å². The number of carboxylic acids is 1. The van der Waals surface area contributed by atoms with E-state index >= 15 is 0 Å². The molecule has 0 atom stereocenters. The van der Waals surface area contributed by atoms with Crippen LogP contribution in [0.1, 0.15) is 10.4 Å². The zero-order valence-corrected chi connectivity index (χ0v) is 6.39. The highest BCUT2D eigenvalue weighted by Crippen LogP contribution is 2.23. The smallest absolute Gasteiger partial charge is 0.339 e. The van der Waals surface area contributed by atoms with Crippen molar-refractivity contribution < 1.29 is 19.4 Å². The lowest BCUT2D eigenvalue weighted by atomic mass is 10.2. The van der Waals surface area contributed by atoms with Crippen molar-refractivity contribution in [1.29, 1.82) is 0 Å². The topological polar surface area (TPSA) is 83.6 Å². The first kappa shape index (κ1) is 7.60. The van der Waals surface area contributed by atoms with Crippen molar-refractivity contribution >= 4 is 17.1 Å². The van der Waals surface area contributed by atoms with Crippen LogP contribution in [0.15, 0.2) is 22.9 Å². The molecular weight excluding hydrogens is 174 g/mol. The van der Waals surface area contributed by atoms with Crippen molar-refractivity contribution in [2.45, 2.75) is 0 Å². The van der Waals surface area contributed by atoms with Crippen LogP contribution in [0, 0.1) is 0 Å². The van der Waals surface area contributed by atoms with Gasteiger partial charge in [0.05, 0.1) is 0 Å². The minimum atomic E-state index is -1.19. The van der Waals surface area contributed by atoms with Crippen LogP contribution in [0.3, 0.4) is 0 Å². The fraction of sp³-hybridized carbons (Fsp3) is 0. The van der Waals surface area contributed by atoms with Crippen LogP contribution in [0.2, 0.25) is 0 Å². The number of aromatic hydroxyl groups is 1. The third kappa shape index (κ3) is 1.10. The molecule has 2 rings (SSSR count). The predicted octanol–water partition coefficient (Wildman–Crippen LogP) is 1.23. The summed E-state index contributed by atoms with van der Waals surface area (Å²) in [6.45, 7) is 0. The number of nitrogens with zero attached hydrogens (tertiary/aromatic N) is 1. The average Bonchev–Trinajstić information content (AvgIpc) is 2.48. The number of aromatic carboxylic acids is 1. The second-order valence-corrected chi connectivity index (χ2v) is 2.49. The minimum absolute atomic E-state index is 0.179. The molecule has 0 fully saturated rings. The van der Waals surface area contributed by atoms with Gasteiger partial charge in [-0.2, -0.15) is 0 Å². The molecule has 0 saturated carbocycles. The molecule has 13 heavy (non-hydrogen) atoms. The van der Waals surface area contributed by atoms with Gasteiger partial charge in [0.15, 0.2) is 12.0 Å². The molecule has 5 nitrogen and oxygen atoms in total. The second kappa shape index (κ2) is 2.48. The van der Waals surface area contributed by atoms with E-state index in [-0.39, 0.29) is 11.3 Å². The first-order valence-electron chi connectivity index (χ1n) is 3.48. The highest BCUT2D eigenvalue weighted by atomic mass is 16.4. The molecule has 5 heteroatoms. The fourth-order valence-corrected chi connectivity index (χ4v) is 1.06. The Bertz CT molecular complexity index is 474. The molecule has 1 heterocycles. The first-order valence-corrected chi connectivity index (χ1v) is 3.48. The number of carbonyl (C=O) groups is 1. The molecule has 0 saturated heterocycles. The maximum absolute atomic E-state index is 10.6. The molecular formula is C8H5NO4. The summed E-state index contributed by atoms with van der Waals surface area (Å²) in [4.78, 5) is 14.3. The molecule has 0 aliphatic heterocycles. The molecule has 2 aromatic rings. The summed E-state index contributed by atoms with van der Waals surface area (Å²) in [7, 11) is 0. The van der Waals surface area contributed by atoms with Crippen LogP contribution in [0.4, 0.5) is 0 Å². The SMILES string of the molecule is O=C(O)c1cc2ncoc2cc1O. The lowest BCUT2D eigenvalue weighted by Crippen LogP contribution is -1.96. The molecule has 0 aliphatic carbocycles. The Hall–Kier alpha value is -2.04. The molecule has 0 unspecified atom stereocenters. The maximum Gasteiger partial charge on any atom is 0.339 e. The zero-order valence-electron chi connectivity index (χ0n) is 6.39. The quantitative estimate of drug-likeness (QED) is 0.687. The van der Waals surface area contributed by atoms with Gasteiger partial charge >= 0.3 is 5.97 Å². The van der Waals surface area contributed by atoms with Gasteiger partial charge in [-0.15, -0.1) is 0 Å². The summed E-state index contributed by atoms with van der Waals surface area (Å²) in [5.74, 6) is -1.51. The second-order valence-electron chi connectivity index (χ2n) is 2.49. The Morgan fingerprint density at radius 1 is 1.46 bits per heavy atom.